The predicted octanol–water partition coefficient (Wildman–Crippen LogP) is 3.15. The van der Waals surface area contributed by atoms with Gasteiger partial charge in [-0.1, -0.05) is 6.07 Å². The maximum absolute atomic E-state index is 5.62. The lowest BCUT2D eigenvalue weighted by molar-refractivity contribution is 0.354. The van der Waals surface area contributed by atoms with Crippen LogP contribution in [0.3, 0.4) is 0 Å². The van der Waals surface area contributed by atoms with E-state index in [-0.39, 0.29) is 6.04 Å². The second-order valence-electron chi connectivity index (χ2n) is 6.01. The number of rotatable bonds is 6. The molecule has 3 rings (SSSR count). The van der Waals surface area contributed by atoms with Gasteiger partial charge in [-0.05, 0) is 49.2 Å². The quantitative estimate of drug-likeness (QED) is 0.873. The highest BCUT2D eigenvalue weighted by molar-refractivity contribution is 5.52. The maximum Gasteiger partial charge on any atom is 0.160 e. The van der Waals surface area contributed by atoms with E-state index in [1.165, 1.54) is 16.7 Å². The molecule has 1 aliphatic heterocycles. The molecule has 0 aliphatic carbocycles. The van der Waals surface area contributed by atoms with Gasteiger partial charge >= 0.3 is 0 Å². The summed E-state index contributed by atoms with van der Waals surface area (Å²) in [5.41, 5.74) is 3.59. The summed E-state index contributed by atoms with van der Waals surface area (Å²) in [6, 6.07) is 10.2. The monoisotopic (exact) mass is 343 g/mol. The van der Waals surface area contributed by atoms with Crippen LogP contribution >= 0.6 is 0 Å². The molecule has 1 atom stereocenters. The minimum Gasteiger partial charge on any atom is -0.496 e. The SMILES string of the molecule is COc1ccc(CC2NCCc3c(OC)ccc(OC)c32)cc1OC. The zero-order valence-electron chi connectivity index (χ0n) is 15.2. The normalized spacial score (nSPS) is 16.1. The molecule has 0 aromatic heterocycles. The van der Waals surface area contributed by atoms with Crippen molar-refractivity contribution in [1.82, 2.24) is 5.32 Å². The van der Waals surface area contributed by atoms with Crippen LogP contribution in [-0.2, 0) is 12.8 Å². The molecule has 134 valence electrons. The molecule has 1 heterocycles. The average Bonchev–Trinajstić information content (AvgIpc) is 2.67. The predicted molar refractivity (Wildman–Crippen MR) is 97.2 cm³/mol. The number of nitrogens with one attached hydrogen (secondary N) is 1. The second-order valence-corrected chi connectivity index (χ2v) is 6.01. The summed E-state index contributed by atoms with van der Waals surface area (Å²) in [7, 11) is 6.73. The van der Waals surface area contributed by atoms with Gasteiger partial charge in [-0.3, -0.25) is 0 Å². The molecule has 5 nitrogen and oxygen atoms in total. The van der Waals surface area contributed by atoms with Crippen LogP contribution in [0.25, 0.3) is 0 Å². The van der Waals surface area contributed by atoms with Crippen molar-refractivity contribution in [1.29, 1.82) is 0 Å². The third-order valence-electron chi connectivity index (χ3n) is 4.72. The molecule has 0 saturated carbocycles. The van der Waals surface area contributed by atoms with Gasteiger partial charge in [0, 0.05) is 17.2 Å². The molecule has 0 bridgehead atoms. The molecule has 0 amide bonds. The van der Waals surface area contributed by atoms with Gasteiger partial charge < -0.3 is 24.3 Å². The zero-order chi connectivity index (χ0) is 17.8. The molecule has 25 heavy (non-hydrogen) atoms. The molecule has 0 spiro atoms. The summed E-state index contributed by atoms with van der Waals surface area (Å²) in [6.45, 7) is 0.911. The van der Waals surface area contributed by atoms with Gasteiger partial charge in [-0.2, -0.15) is 0 Å². The van der Waals surface area contributed by atoms with Crippen LogP contribution in [-0.4, -0.2) is 35.0 Å². The summed E-state index contributed by atoms with van der Waals surface area (Å²) < 4.78 is 21.9. The van der Waals surface area contributed by atoms with Gasteiger partial charge in [0.1, 0.15) is 11.5 Å². The van der Waals surface area contributed by atoms with Gasteiger partial charge in [0.05, 0.1) is 28.4 Å². The van der Waals surface area contributed by atoms with E-state index in [0.29, 0.717) is 0 Å². The van der Waals surface area contributed by atoms with Crippen LogP contribution in [0, 0.1) is 0 Å². The summed E-state index contributed by atoms with van der Waals surface area (Å²) in [5, 5.41) is 3.61. The van der Waals surface area contributed by atoms with Crippen molar-refractivity contribution in [3.05, 3.63) is 47.0 Å². The summed E-state index contributed by atoms with van der Waals surface area (Å²) in [5.74, 6) is 3.30. The molecule has 0 fully saturated rings. The average molecular weight is 343 g/mol. The van der Waals surface area contributed by atoms with Crippen LogP contribution in [0.1, 0.15) is 22.7 Å². The topological polar surface area (TPSA) is 49.0 Å². The first-order valence-corrected chi connectivity index (χ1v) is 8.39. The van der Waals surface area contributed by atoms with Gasteiger partial charge in [-0.15, -0.1) is 0 Å². The highest BCUT2D eigenvalue weighted by Gasteiger charge is 2.26. The Bertz CT molecular complexity index is 745. The number of methoxy groups -OCH3 is 4. The molecule has 2 aromatic rings. The van der Waals surface area contributed by atoms with Crippen molar-refractivity contribution in [2.45, 2.75) is 18.9 Å². The van der Waals surface area contributed by atoms with E-state index in [1.807, 2.05) is 24.3 Å². The Kier molecular flexibility index (Phi) is 5.34. The molecule has 2 aromatic carbocycles. The van der Waals surface area contributed by atoms with E-state index in [9.17, 15) is 0 Å². The van der Waals surface area contributed by atoms with E-state index in [4.69, 9.17) is 18.9 Å². The Balaban J connectivity index is 1.96. The summed E-state index contributed by atoms with van der Waals surface area (Å²) >= 11 is 0. The Labute approximate surface area is 148 Å². The van der Waals surface area contributed by atoms with Crippen molar-refractivity contribution in [2.75, 3.05) is 35.0 Å². The first-order valence-electron chi connectivity index (χ1n) is 8.39. The Morgan fingerprint density at radius 2 is 1.48 bits per heavy atom. The van der Waals surface area contributed by atoms with Gasteiger partial charge in [0.25, 0.3) is 0 Å². The molecule has 0 radical (unpaired) electrons. The number of fused-ring (bicyclic) bond motifs is 1. The van der Waals surface area contributed by atoms with E-state index < -0.39 is 0 Å². The fourth-order valence-electron chi connectivity index (χ4n) is 3.52. The molecule has 1 unspecified atom stereocenters. The van der Waals surface area contributed by atoms with E-state index in [2.05, 4.69) is 11.4 Å². The Hall–Kier alpha value is -2.40. The lowest BCUT2D eigenvalue weighted by Crippen LogP contribution is -2.32. The fraction of sp³-hybridized carbons (Fsp3) is 0.400. The lowest BCUT2D eigenvalue weighted by Gasteiger charge is -2.30. The number of ether oxygens (including phenoxy) is 4. The molecule has 1 N–H and O–H groups in total. The Morgan fingerprint density at radius 3 is 2.16 bits per heavy atom. The van der Waals surface area contributed by atoms with Crippen LogP contribution in [0.15, 0.2) is 30.3 Å². The van der Waals surface area contributed by atoms with Crippen LogP contribution in [0.4, 0.5) is 0 Å². The first kappa shape index (κ1) is 17.4. The smallest absolute Gasteiger partial charge is 0.160 e. The minimum atomic E-state index is 0.159. The van der Waals surface area contributed by atoms with Crippen molar-refractivity contribution < 1.29 is 18.9 Å². The molecular weight excluding hydrogens is 318 g/mol. The van der Waals surface area contributed by atoms with E-state index in [1.54, 1.807) is 28.4 Å². The van der Waals surface area contributed by atoms with Crippen molar-refractivity contribution >= 4 is 0 Å². The maximum atomic E-state index is 5.62. The minimum absolute atomic E-state index is 0.159. The molecule has 0 saturated heterocycles. The van der Waals surface area contributed by atoms with Crippen LogP contribution in [0.5, 0.6) is 23.0 Å². The highest BCUT2D eigenvalue weighted by atomic mass is 16.5. The zero-order valence-corrected chi connectivity index (χ0v) is 15.2. The number of hydrogen-bond acceptors (Lipinski definition) is 5. The van der Waals surface area contributed by atoms with Gasteiger partial charge in [-0.25, -0.2) is 0 Å². The molecular formula is C20H25NO4. The van der Waals surface area contributed by atoms with Crippen molar-refractivity contribution in [3.8, 4) is 23.0 Å². The Morgan fingerprint density at radius 1 is 0.840 bits per heavy atom. The largest absolute Gasteiger partial charge is 0.496 e. The molecule has 5 heteroatoms. The van der Waals surface area contributed by atoms with Crippen LogP contribution < -0.4 is 24.3 Å². The van der Waals surface area contributed by atoms with Crippen LogP contribution in [0.2, 0.25) is 0 Å². The second kappa shape index (κ2) is 7.66. The van der Waals surface area contributed by atoms with E-state index >= 15 is 0 Å². The van der Waals surface area contributed by atoms with Crippen molar-refractivity contribution in [3.63, 3.8) is 0 Å². The lowest BCUT2D eigenvalue weighted by atomic mass is 9.88. The third-order valence-corrected chi connectivity index (χ3v) is 4.72. The number of benzene rings is 2. The van der Waals surface area contributed by atoms with E-state index in [0.717, 1.165) is 42.4 Å². The fourth-order valence-corrected chi connectivity index (χ4v) is 3.52. The summed E-state index contributed by atoms with van der Waals surface area (Å²) in [6.07, 6.45) is 1.76. The van der Waals surface area contributed by atoms with Gasteiger partial charge in [0.2, 0.25) is 0 Å². The number of hydrogen-bond donors (Lipinski definition) is 1. The first-order chi connectivity index (χ1) is 12.2. The summed E-state index contributed by atoms with van der Waals surface area (Å²) in [4.78, 5) is 0. The highest BCUT2D eigenvalue weighted by Crippen LogP contribution is 2.39. The van der Waals surface area contributed by atoms with Gasteiger partial charge in [0.15, 0.2) is 11.5 Å². The molecule has 1 aliphatic rings. The standard InChI is InChI=1S/C20H25NO4/c1-22-16-7-8-18(24-3)20-14(16)9-10-21-15(20)11-13-5-6-17(23-2)19(12-13)25-4/h5-8,12,15,21H,9-11H2,1-4H3. The third kappa shape index (κ3) is 3.37. The van der Waals surface area contributed by atoms with Crippen molar-refractivity contribution in [2.24, 2.45) is 0 Å².